The number of anilines is 1. The van der Waals surface area contributed by atoms with Crippen molar-refractivity contribution in [3.63, 3.8) is 0 Å². The Hall–Kier alpha value is -2.64. The summed E-state index contributed by atoms with van der Waals surface area (Å²) in [7, 11) is -3.76. The molecule has 0 radical (unpaired) electrons. The van der Waals surface area contributed by atoms with E-state index in [9.17, 15) is 13.5 Å². The van der Waals surface area contributed by atoms with Crippen LogP contribution in [0.25, 0.3) is 0 Å². The van der Waals surface area contributed by atoms with Crippen LogP contribution in [0.4, 0.5) is 5.69 Å². The van der Waals surface area contributed by atoms with Crippen molar-refractivity contribution in [3.05, 3.63) is 88.9 Å². The van der Waals surface area contributed by atoms with Crippen LogP contribution in [0.15, 0.2) is 88.2 Å². The van der Waals surface area contributed by atoms with Gasteiger partial charge in [-0.2, -0.15) is 12.8 Å². The number of sulfonamides is 1. The van der Waals surface area contributed by atoms with Crippen LogP contribution in [0.1, 0.15) is 5.56 Å². The zero-order chi connectivity index (χ0) is 18.6. The molecule has 0 unspecified atom stereocenters. The normalized spacial score (nSPS) is 12.0. The molecule has 3 rings (SSSR count). The molecule has 0 saturated heterocycles. The number of phenolic OH excluding ortho intramolecular Hbond substituents is 1. The molecule has 0 aliphatic rings. The number of phenols is 1. The van der Waals surface area contributed by atoms with Gasteiger partial charge in [-0.15, -0.1) is 0 Å². The summed E-state index contributed by atoms with van der Waals surface area (Å²) < 4.78 is 28.5. The summed E-state index contributed by atoms with van der Waals surface area (Å²) in [6.07, 6.45) is 0. The van der Waals surface area contributed by atoms with Crippen LogP contribution in [-0.4, -0.2) is 19.4 Å². The van der Waals surface area contributed by atoms with Crippen LogP contribution >= 0.6 is 15.9 Å². The van der Waals surface area contributed by atoms with E-state index in [4.69, 9.17) is 0 Å². The maximum atomic E-state index is 12.7. The highest BCUT2D eigenvalue weighted by molar-refractivity contribution is 9.10. The van der Waals surface area contributed by atoms with Crippen LogP contribution in [0.3, 0.4) is 0 Å². The molecule has 0 saturated carbocycles. The van der Waals surface area contributed by atoms with Crippen molar-refractivity contribution in [2.24, 2.45) is 0 Å². The van der Waals surface area contributed by atoms with Crippen molar-refractivity contribution in [1.82, 2.24) is 0 Å². The molecule has 0 atom stereocenters. The molecule has 0 amide bonds. The van der Waals surface area contributed by atoms with Gasteiger partial charge in [-0.3, -0.25) is 0 Å². The molecule has 132 valence electrons. The number of aromatic hydroxyl groups is 1. The van der Waals surface area contributed by atoms with Crippen molar-refractivity contribution >= 4 is 37.5 Å². The first-order valence-corrected chi connectivity index (χ1v) is 9.99. The lowest BCUT2D eigenvalue weighted by Crippen LogP contribution is -2.78. The summed E-state index contributed by atoms with van der Waals surface area (Å²) in [5, 5.41) is 12.7. The molecule has 0 heterocycles. The lowest BCUT2D eigenvalue weighted by Gasteiger charge is -2.06. The molecular formula is C19H16BrN2O3S+. The summed E-state index contributed by atoms with van der Waals surface area (Å²) in [5.74, 6) is 0.411. The average Bonchev–Trinajstić information content (AvgIpc) is 2.65. The van der Waals surface area contributed by atoms with E-state index in [1.807, 2.05) is 18.2 Å². The van der Waals surface area contributed by atoms with Crippen LogP contribution in [0.2, 0.25) is 0 Å². The van der Waals surface area contributed by atoms with Gasteiger partial charge in [0.25, 0.3) is 5.84 Å². The molecule has 0 spiro atoms. The summed E-state index contributed by atoms with van der Waals surface area (Å²) >= 11 is 3.25. The van der Waals surface area contributed by atoms with Crippen LogP contribution < -0.4 is 9.71 Å². The Morgan fingerprint density at radius 2 is 1.54 bits per heavy atom. The Kier molecular flexibility index (Phi) is 5.39. The molecule has 26 heavy (non-hydrogen) atoms. The van der Waals surface area contributed by atoms with Gasteiger partial charge in [0.2, 0.25) is 0 Å². The third kappa shape index (κ3) is 4.30. The Morgan fingerprint density at radius 3 is 2.15 bits per heavy atom. The Balaban J connectivity index is 2.05. The molecular weight excluding hydrogens is 416 g/mol. The average molecular weight is 432 g/mol. The summed E-state index contributed by atoms with van der Waals surface area (Å²) in [6.45, 7) is 0. The first kappa shape index (κ1) is 18.2. The second kappa shape index (κ2) is 7.72. The van der Waals surface area contributed by atoms with Gasteiger partial charge in [0, 0.05) is 6.07 Å². The molecule has 5 nitrogen and oxygen atoms in total. The van der Waals surface area contributed by atoms with Gasteiger partial charge in [-0.1, -0.05) is 36.4 Å². The van der Waals surface area contributed by atoms with E-state index in [1.165, 1.54) is 18.2 Å². The molecule has 0 aromatic heterocycles. The number of amidine groups is 1. The SMILES string of the molecule is O=S(=O)([NH+]=C(Nc1ccc(O)c(Br)c1)c1ccccc1)c1ccccc1. The zero-order valence-corrected chi connectivity index (χ0v) is 16.0. The van der Waals surface area contributed by atoms with Crippen LogP contribution in [-0.2, 0) is 10.0 Å². The highest BCUT2D eigenvalue weighted by atomic mass is 79.9. The van der Waals surface area contributed by atoms with Crippen LogP contribution in [0, 0.1) is 0 Å². The summed E-state index contributed by atoms with van der Waals surface area (Å²) in [4.78, 5) is 0.169. The predicted molar refractivity (Wildman–Crippen MR) is 105 cm³/mol. The van der Waals surface area contributed by atoms with E-state index in [-0.39, 0.29) is 10.6 Å². The number of hydrogen-bond donors (Lipinski definition) is 3. The molecule has 3 aromatic rings. The minimum absolute atomic E-state index is 0.0988. The highest BCUT2D eigenvalue weighted by Gasteiger charge is 2.20. The van der Waals surface area contributed by atoms with Crippen molar-refractivity contribution in [3.8, 4) is 5.75 Å². The number of nitrogens with one attached hydrogen (secondary N) is 2. The maximum Gasteiger partial charge on any atom is 0.328 e. The lowest BCUT2D eigenvalue weighted by atomic mass is 10.2. The van der Waals surface area contributed by atoms with Gasteiger partial charge in [0.15, 0.2) is 0 Å². The zero-order valence-electron chi connectivity index (χ0n) is 13.6. The second-order valence-corrected chi connectivity index (χ2v) is 7.99. The van der Waals surface area contributed by atoms with Gasteiger partial charge in [-0.25, -0.2) is 5.32 Å². The fourth-order valence-corrected chi connectivity index (χ4v) is 3.73. The Bertz CT molecular complexity index is 1040. The summed E-state index contributed by atoms with van der Waals surface area (Å²) in [5.41, 5.74) is 1.29. The van der Waals surface area contributed by atoms with Gasteiger partial charge in [0.1, 0.15) is 16.3 Å². The van der Waals surface area contributed by atoms with Gasteiger partial charge >= 0.3 is 10.0 Å². The van der Waals surface area contributed by atoms with E-state index >= 15 is 0 Å². The quantitative estimate of drug-likeness (QED) is 0.336. The fourth-order valence-electron chi connectivity index (χ4n) is 2.28. The Morgan fingerprint density at radius 1 is 0.923 bits per heavy atom. The molecule has 0 aliphatic carbocycles. The predicted octanol–water partition coefficient (Wildman–Crippen LogP) is 2.48. The second-order valence-electron chi connectivity index (χ2n) is 5.45. The van der Waals surface area contributed by atoms with E-state index in [0.717, 1.165) is 0 Å². The third-order valence-corrected chi connectivity index (χ3v) is 5.57. The van der Waals surface area contributed by atoms with Crippen molar-refractivity contribution in [1.29, 1.82) is 0 Å². The number of benzene rings is 3. The van der Waals surface area contributed by atoms with Crippen molar-refractivity contribution in [2.45, 2.75) is 4.90 Å². The fraction of sp³-hybridized carbons (Fsp3) is 0. The topological polar surface area (TPSA) is 80.4 Å². The number of rotatable bonds is 4. The van der Waals surface area contributed by atoms with E-state index in [1.54, 1.807) is 42.5 Å². The maximum absolute atomic E-state index is 12.7. The minimum atomic E-state index is -3.76. The molecule has 3 N–H and O–H groups in total. The van der Waals surface area contributed by atoms with Gasteiger partial charge < -0.3 is 5.11 Å². The molecule has 7 heteroatoms. The molecule has 3 aromatic carbocycles. The lowest BCUT2D eigenvalue weighted by molar-refractivity contribution is -0.266. The smallest absolute Gasteiger partial charge is 0.328 e. The minimum Gasteiger partial charge on any atom is -0.507 e. The molecule has 0 aliphatic heterocycles. The third-order valence-electron chi connectivity index (χ3n) is 3.57. The number of hydrogen-bond acceptors (Lipinski definition) is 3. The molecule has 0 fully saturated rings. The Labute approximate surface area is 160 Å². The highest BCUT2D eigenvalue weighted by Crippen LogP contribution is 2.26. The van der Waals surface area contributed by atoms with E-state index in [0.29, 0.717) is 21.6 Å². The largest absolute Gasteiger partial charge is 0.507 e. The van der Waals surface area contributed by atoms with Crippen molar-refractivity contribution in [2.75, 3.05) is 5.32 Å². The van der Waals surface area contributed by atoms with E-state index < -0.39 is 10.0 Å². The van der Waals surface area contributed by atoms with Crippen LogP contribution in [0.5, 0.6) is 5.75 Å². The first-order valence-electron chi connectivity index (χ1n) is 7.71. The first-order chi connectivity index (χ1) is 12.5. The molecule has 0 bridgehead atoms. The van der Waals surface area contributed by atoms with E-state index in [2.05, 4.69) is 25.6 Å². The van der Waals surface area contributed by atoms with Crippen molar-refractivity contribution < 1.29 is 17.9 Å². The van der Waals surface area contributed by atoms with Gasteiger partial charge in [0.05, 0.1) is 10.0 Å². The standard InChI is InChI=1S/C19H15BrN2O3S/c20-17-13-15(11-12-18(17)23)21-19(14-7-3-1-4-8-14)22-26(24,25)16-9-5-2-6-10-16/h1-13,23H,(H,21,22)/p+1. The number of halogens is 1. The van der Waals surface area contributed by atoms with Gasteiger partial charge in [-0.05, 0) is 52.3 Å². The monoisotopic (exact) mass is 431 g/mol. The summed E-state index contributed by atoms with van der Waals surface area (Å²) in [6, 6.07) is 22.1.